The van der Waals surface area contributed by atoms with Gasteiger partial charge in [-0.3, -0.25) is 4.57 Å². The van der Waals surface area contributed by atoms with Gasteiger partial charge in [0.15, 0.2) is 0 Å². The van der Waals surface area contributed by atoms with Gasteiger partial charge >= 0.3 is 0 Å². The minimum absolute atomic E-state index is 0.0526. The Morgan fingerprint density at radius 2 is 1.58 bits per heavy atom. The van der Waals surface area contributed by atoms with Crippen LogP contribution in [0.15, 0.2) is 96.1 Å². The van der Waals surface area contributed by atoms with Crippen molar-refractivity contribution in [3.05, 3.63) is 113 Å². The van der Waals surface area contributed by atoms with Gasteiger partial charge in [-0.05, 0) is 122 Å². The Labute approximate surface area is 294 Å². The summed E-state index contributed by atoms with van der Waals surface area (Å²) in [7, 11) is 0. The molecule has 0 bridgehead atoms. The minimum atomic E-state index is -0.204. The molecule has 0 saturated heterocycles. The predicted molar refractivity (Wildman–Crippen MR) is 209 cm³/mol. The highest BCUT2D eigenvalue weighted by Gasteiger charge is 2.44. The lowest BCUT2D eigenvalue weighted by Crippen LogP contribution is -2.39. The Hall–Kier alpha value is -4.90. The Bertz CT molecular complexity index is 2520. The zero-order valence-corrected chi connectivity index (χ0v) is 30.3. The molecule has 0 spiro atoms. The summed E-state index contributed by atoms with van der Waals surface area (Å²) in [5, 5.41) is 4.90. The first-order valence-electron chi connectivity index (χ1n) is 18.4. The third-order valence-electron chi connectivity index (χ3n) is 11.4. The summed E-state index contributed by atoms with van der Waals surface area (Å²) < 4.78 is 11.5. The summed E-state index contributed by atoms with van der Waals surface area (Å²) in [6.07, 6.45) is 6.49. The molecule has 3 aromatic heterocycles. The number of benzene rings is 4. The molecule has 2 atom stereocenters. The second-order valence-corrected chi connectivity index (χ2v) is 16.3. The zero-order valence-electron chi connectivity index (χ0n) is 30.3. The number of aromatic nitrogens is 3. The topological polar surface area (TPSA) is 44.3 Å². The van der Waals surface area contributed by atoms with Gasteiger partial charge in [0.2, 0.25) is 5.90 Å². The lowest BCUT2D eigenvalue weighted by molar-refractivity contribution is 0.0447. The predicted octanol–water partition coefficient (Wildman–Crippen LogP) is 11.5. The van der Waals surface area contributed by atoms with Crippen LogP contribution >= 0.6 is 0 Å². The number of hydrogen-bond acceptors (Lipinski definition) is 3. The van der Waals surface area contributed by atoms with E-state index in [0.29, 0.717) is 5.92 Å². The maximum absolute atomic E-state index is 6.75. The summed E-state index contributed by atoms with van der Waals surface area (Å²) in [5.74, 6) is 1.15. The molecule has 9 rings (SSSR count). The summed E-state index contributed by atoms with van der Waals surface area (Å²) in [5.41, 5.74) is 11.5. The van der Waals surface area contributed by atoms with Crippen LogP contribution in [0, 0.1) is 6.92 Å². The Balaban J connectivity index is 1.29. The maximum atomic E-state index is 6.75. The SMILES string of the molecule is Cc1ccc2c(c1)c1ccc(-n3c4ccc(C(C)(C)C)cc4c4cccnc43)cc1n2-c1cc(C2=N[C@H]3CCCC[C@]3(C)O2)cc(C(C)C)c1. The van der Waals surface area contributed by atoms with E-state index in [9.17, 15) is 0 Å². The van der Waals surface area contributed by atoms with E-state index in [4.69, 9.17) is 14.7 Å². The number of nitrogens with zero attached hydrogens (tertiary/aromatic N) is 4. The molecule has 1 aliphatic carbocycles. The van der Waals surface area contributed by atoms with Crippen LogP contribution < -0.4 is 0 Å². The van der Waals surface area contributed by atoms with Gasteiger partial charge < -0.3 is 9.30 Å². The second kappa shape index (κ2) is 11.1. The van der Waals surface area contributed by atoms with Crippen LogP contribution in [-0.2, 0) is 10.2 Å². The Morgan fingerprint density at radius 1 is 0.780 bits per heavy atom. The van der Waals surface area contributed by atoms with E-state index >= 15 is 0 Å². The van der Waals surface area contributed by atoms with E-state index in [-0.39, 0.29) is 17.1 Å². The van der Waals surface area contributed by atoms with Crippen LogP contribution in [0.4, 0.5) is 0 Å². The number of ether oxygens (including phenoxy) is 1. The van der Waals surface area contributed by atoms with Gasteiger partial charge in [0.1, 0.15) is 11.2 Å². The van der Waals surface area contributed by atoms with Crippen LogP contribution in [0.1, 0.15) is 95.4 Å². The Morgan fingerprint density at radius 3 is 2.38 bits per heavy atom. The Kier molecular flexibility index (Phi) is 6.88. The zero-order chi connectivity index (χ0) is 34.5. The fourth-order valence-corrected chi connectivity index (χ4v) is 8.46. The van der Waals surface area contributed by atoms with Gasteiger partial charge in [-0.15, -0.1) is 0 Å². The monoisotopic (exact) mass is 658 g/mol. The van der Waals surface area contributed by atoms with E-state index < -0.39 is 0 Å². The molecule has 1 aliphatic heterocycles. The van der Waals surface area contributed by atoms with Gasteiger partial charge in [-0.1, -0.05) is 64.8 Å². The van der Waals surface area contributed by atoms with Gasteiger partial charge in [0.05, 0.1) is 22.6 Å². The van der Waals surface area contributed by atoms with Crippen LogP contribution in [0.25, 0.3) is 55.1 Å². The smallest absolute Gasteiger partial charge is 0.217 e. The molecule has 5 nitrogen and oxygen atoms in total. The number of aliphatic imine (C=N–C) groups is 1. The van der Waals surface area contributed by atoms with Crippen molar-refractivity contribution in [1.82, 2.24) is 14.1 Å². The minimum Gasteiger partial charge on any atom is -0.469 e. The van der Waals surface area contributed by atoms with Crippen molar-refractivity contribution < 1.29 is 4.74 Å². The molecule has 1 saturated carbocycles. The van der Waals surface area contributed by atoms with Crippen molar-refractivity contribution in [2.75, 3.05) is 0 Å². The number of aryl methyl sites for hydroxylation is 1. The lowest BCUT2D eigenvalue weighted by Gasteiger charge is -2.33. The molecule has 0 unspecified atom stereocenters. The standard InChI is InChI=1S/C45H46N4O/c1-27(2)29-22-30(43-47-41-12-8-9-19-45(41,7)50-43)24-33(23-29)48-38-17-13-28(3)21-36(38)34-16-15-32(26-40(34)48)49-39-18-14-31(44(4,5)6)25-37(39)35-11-10-20-46-42(35)49/h10-11,13-18,20-27,41H,8-9,12,19H2,1-7H3/t41-,45-/m0/s1. The van der Waals surface area contributed by atoms with Crippen molar-refractivity contribution >= 4 is 49.6 Å². The quantitative estimate of drug-likeness (QED) is 0.189. The van der Waals surface area contributed by atoms with Crippen LogP contribution in [0.3, 0.4) is 0 Å². The molecular formula is C45H46N4O. The lowest BCUT2D eigenvalue weighted by atomic mass is 9.82. The number of rotatable bonds is 4. The molecule has 1 fully saturated rings. The molecule has 2 aliphatic rings. The molecular weight excluding hydrogens is 613 g/mol. The van der Waals surface area contributed by atoms with Crippen molar-refractivity contribution in [3.63, 3.8) is 0 Å². The normalized spacial score (nSPS) is 19.5. The van der Waals surface area contributed by atoms with Gasteiger partial charge in [0, 0.05) is 44.7 Å². The highest BCUT2D eigenvalue weighted by atomic mass is 16.5. The number of pyridine rings is 1. The first-order valence-corrected chi connectivity index (χ1v) is 18.4. The van der Waals surface area contributed by atoms with Crippen LogP contribution in [0.2, 0.25) is 0 Å². The number of fused-ring (bicyclic) bond motifs is 7. The summed E-state index contributed by atoms with van der Waals surface area (Å²) in [4.78, 5) is 10.2. The second-order valence-electron chi connectivity index (χ2n) is 16.3. The van der Waals surface area contributed by atoms with E-state index in [1.54, 1.807) is 0 Å². The molecule has 4 aromatic carbocycles. The summed E-state index contributed by atoms with van der Waals surface area (Å²) >= 11 is 0. The van der Waals surface area contributed by atoms with E-state index in [1.165, 1.54) is 67.6 Å². The number of hydrogen-bond donors (Lipinski definition) is 0. The van der Waals surface area contributed by atoms with E-state index in [1.807, 2.05) is 12.3 Å². The first kappa shape index (κ1) is 31.1. The fourth-order valence-electron chi connectivity index (χ4n) is 8.46. The maximum Gasteiger partial charge on any atom is 0.217 e. The molecule has 50 heavy (non-hydrogen) atoms. The van der Waals surface area contributed by atoms with Crippen molar-refractivity contribution in [3.8, 4) is 11.4 Å². The van der Waals surface area contributed by atoms with Gasteiger partial charge in [-0.25, -0.2) is 9.98 Å². The molecule has 7 aromatic rings. The fraction of sp³-hybridized carbons (Fsp3) is 0.333. The average Bonchev–Trinajstić information content (AvgIpc) is 3.74. The van der Waals surface area contributed by atoms with Crippen molar-refractivity contribution in [1.29, 1.82) is 0 Å². The van der Waals surface area contributed by atoms with Crippen LogP contribution in [0.5, 0.6) is 0 Å². The van der Waals surface area contributed by atoms with Gasteiger partial charge in [0.25, 0.3) is 0 Å². The molecule has 252 valence electrons. The highest BCUT2D eigenvalue weighted by Crippen LogP contribution is 2.41. The third-order valence-corrected chi connectivity index (χ3v) is 11.4. The molecule has 5 heteroatoms. The largest absolute Gasteiger partial charge is 0.469 e. The molecule has 0 radical (unpaired) electrons. The molecule has 0 amide bonds. The first-order chi connectivity index (χ1) is 24.0. The van der Waals surface area contributed by atoms with Crippen LogP contribution in [-0.4, -0.2) is 31.7 Å². The van der Waals surface area contributed by atoms with Crippen molar-refractivity contribution in [2.24, 2.45) is 4.99 Å². The van der Waals surface area contributed by atoms with Crippen molar-refractivity contribution in [2.45, 2.75) is 97.1 Å². The molecule has 4 heterocycles. The average molecular weight is 659 g/mol. The third kappa shape index (κ3) is 4.80. The van der Waals surface area contributed by atoms with E-state index in [0.717, 1.165) is 41.3 Å². The summed E-state index contributed by atoms with van der Waals surface area (Å²) in [6, 6.07) is 32.1. The highest BCUT2D eigenvalue weighted by molar-refractivity contribution is 6.12. The van der Waals surface area contributed by atoms with Gasteiger partial charge in [-0.2, -0.15) is 0 Å². The molecule has 0 N–H and O–H groups in total. The van der Waals surface area contributed by atoms with E-state index in [2.05, 4.69) is 136 Å². The summed E-state index contributed by atoms with van der Waals surface area (Å²) in [6.45, 7) is 15.8.